The molecule has 3 rings (SSSR count). The molecule has 0 saturated carbocycles. The first kappa shape index (κ1) is 13.2. The number of fused-ring (bicyclic) bond motifs is 1. The summed E-state index contributed by atoms with van der Waals surface area (Å²) in [5.41, 5.74) is 5.74. The van der Waals surface area contributed by atoms with Crippen molar-refractivity contribution in [3.63, 3.8) is 0 Å². The van der Waals surface area contributed by atoms with Gasteiger partial charge in [0.2, 0.25) is 0 Å². The number of ether oxygens (including phenoxy) is 1. The zero-order valence-electron chi connectivity index (χ0n) is 12.2. The van der Waals surface area contributed by atoms with Crippen LogP contribution in [0, 0.1) is 20.8 Å². The second-order valence-electron chi connectivity index (χ2n) is 5.69. The Morgan fingerprint density at radius 1 is 1.05 bits per heavy atom. The summed E-state index contributed by atoms with van der Waals surface area (Å²) in [7, 11) is 0. The molecule has 0 aromatic heterocycles. The van der Waals surface area contributed by atoms with Crippen molar-refractivity contribution in [2.24, 2.45) is 0 Å². The standard InChI is InChI=1S/C18H20O2/c1-11-7-8-17-15(9-11)16(19)10-18(20-17)14-6-4-5-12(2)13(14)3/h4-9,16,18-19H,10H2,1-3H3/t16-,18?/m0/s1. The first-order chi connectivity index (χ1) is 9.56. The highest BCUT2D eigenvalue weighted by atomic mass is 16.5. The van der Waals surface area contributed by atoms with E-state index < -0.39 is 6.10 Å². The Hall–Kier alpha value is -1.80. The molecule has 0 saturated heterocycles. The number of benzene rings is 2. The van der Waals surface area contributed by atoms with E-state index in [9.17, 15) is 5.11 Å². The molecule has 20 heavy (non-hydrogen) atoms. The van der Waals surface area contributed by atoms with Crippen LogP contribution >= 0.6 is 0 Å². The number of hydrogen-bond acceptors (Lipinski definition) is 2. The molecule has 1 N–H and O–H groups in total. The van der Waals surface area contributed by atoms with Crippen LogP contribution in [0.4, 0.5) is 0 Å². The molecule has 2 aromatic rings. The normalized spacial score (nSPS) is 21.2. The highest BCUT2D eigenvalue weighted by Gasteiger charge is 2.29. The third-order valence-electron chi connectivity index (χ3n) is 4.22. The van der Waals surface area contributed by atoms with Gasteiger partial charge < -0.3 is 9.84 Å². The van der Waals surface area contributed by atoms with E-state index in [4.69, 9.17) is 4.74 Å². The third kappa shape index (κ3) is 2.20. The summed E-state index contributed by atoms with van der Waals surface area (Å²) in [6.07, 6.45) is 0.0875. The molecular formula is C18H20O2. The highest BCUT2D eigenvalue weighted by Crippen LogP contribution is 2.41. The van der Waals surface area contributed by atoms with E-state index in [1.165, 1.54) is 16.7 Å². The fourth-order valence-electron chi connectivity index (χ4n) is 2.88. The van der Waals surface area contributed by atoms with Gasteiger partial charge in [-0.1, -0.05) is 29.8 Å². The molecule has 0 bridgehead atoms. The summed E-state index contributed by atoms with van der Waals surface area (Å²) in [6.45, 7) is 6.25. The van der Waals surface area contributed by atoms with Crippen molar-refractivity contribution in [2.45, 2.75) is 39.4 Å². The Kier molecular flexibility index (Phi) is 3.27. The summed E-state index contributed by atoms with van der Waals surface area (Å²) in [5.74, 6) is 0.806. The maximum absolute atomic E-state index is 10.4. The lowest BCUT2D eigenvalue weighted by Gasteiger charge is -2.31. The molecule has 0 aliphatic carbocycles. The van der Waals surface area contributed by atoms with Crippen molar-refractivity contribution in [3.8, 4) is 5.75 Å². The van der Waals surface area contributed by atoms with E-state index in [1.807, 2.05) is 25.1 Å². The summed E-state index contributed by atoms with van der Waals surface area (Å²) < 4.78 is 6.12. The minimum absolute atomic E-state index is 0.0693. The van der Waals surface area contributed by atoms with E-state index in [-0.39, 0.29) is 6.10 Å². The number of hydrogen-bond donors (Lipinski definition) is 1. The van der Waals surface area contributed by atoms with Crippen molar-refractivity contribution >= 4 is 0 Å². The zero-order valence-corrected chi connectivity index (χ0v) is 12.2. The lowest BCUT2D eigenvalue weighted by Crippen LogP contribution is -2.20. The smallest absolute Gasteiger partial charge is 0.127 e. The average molecular weight is 268 g/mol. The van der Waals surface area contributed by atoms with E-state index in [0.29, 0.717) is 6.42 Å². The van der Waals surface area contributed by atoms with E-state index in [1.54, 1.807) is 0 Å². The van der Waals surface area contributed by atoms with Crippen molar-refractivity contribution in [1.82, 2.24) is 0 Å². The maximum Gasteiger partial charge on any atom is 0.127 e. The van der Waals surface area contributed by atoms with Crippen LogP contribution in [0.15, 0.2) is 36.4 Å². The molecule has 2 aromatic carbocycles. The average Bonchev–Trinajstić information content (AvgIpc) is 2.42. The SMILES string of the molecule is Cc1ccc2c(c1)[C@@H](O)CC(c1cccc(C)c1C)O2. The van der Waals surface area contributed by atoms with Crippen molar-refractivity contribution in [2.75, 3.05) is 0 Å². The predicted molar refractivity (Wildman–Crippen MR) is 80.0 cm³/mol. The quantitative estimate of drug-likeness (QED) is 0.841. The molecule has 1 unspecified atom stereocenters. The Morgan fingerprint density at radius 2 is 1.85 bits per heavy atom. The van der Waals surface area contributed by atoms with Crippen LogP contribution in [0.2, 0.25) is 0 Å². The van der Waals surface area contributed by atoms with Gasteiger partial charge >= 0.3 is 0 Å². The van der Waals surface area contributed by atoms with Gasteiger partial charge in [-0.05, 0) is 49.6 Å². The molecule has 1 heterocycles. The lowest BCUT2D eigenvalue weighted by atomic mass is 9.91. The summed E-state index contributed by atoms with van der Waals surface area (Å²) >= 11 is 0. The molecule has 2 nitrogen and oxygen atoms in total. The highest BCUT2D eigenvalue weighted by molar-refractivity contribution is 5.42. The Labute approximate surface area is 120 Å². The van der Waals surface area contributed by atoms with Crippen LogP contribution in [-0.4, -0.2) is 5.11 Å². The van der Waals surface area contributed by atoms with Crippen LogP contribution in [-0.2, 0) is 0 Å². The van der Waals surface area contributed by atoms with E-state index >= 15 is 0 Å². The molecule has 0 amide bonds. The Balaban J connectivity index is 1.99. The molecular weight excluding hydrogens is 248 g/mol. The topological polar surface area (TPSA) is 29.5 Å². The molecule has 1 aliphatic rings. The summed E-state index contributed by atoms with van der Waals surface area (Å²) in [5, 5.41) is 10.4. The van der Waals surface area contributed by atoms with Gasteiger partial charge in [0.1, 0.15) is 11.9 Å². The minimum atomic E-state index is -0.455. The van der Waals surface area contributed by atoms with Crippen LogP contribution in [0.1, 0.15) is 46.4 Å². The fourth-order valence-corrected chi connectivity index (χ4v) is 2.88. The largest absolute Gasteiger partial charge is 0.485 e. The van der Waals surface area contributed by atoms with Gasteiger partial charge in [0.25, 0.3) is 0 Å². The molecule has 2 atom stereocenters. The first-order valence-electron chi connectivity index (χ1n) is 7.07. The number of rotatable bonds is 1. The van der Waals surface area contributed by atoms with Gasteiger partial charge in [0.15, 0.2) is 0 Å². The summed E-state index contributed by atoms with van der Waals surface area (Å²) in [6, 6.07) is 12.3. The molecule has 104 valence electrons. The summed E-state index contributed by atoms with van der Waals surface area (Å²) in [4.78, 5) is 0. The first-order valence-corrected chi connectivity index (χ1v) is 7.07. The van der Waals surface area contributed by atoms with Gasteiger partial charge in [0.05, 0.1) is 6.10 Å². The zero-order chi connectivity index (χ0) is 14.3. The van der Waals surface area contributed by atoms with Gasteiger partial charge in [-0.2, -0.15) is 0 Å². The third-order valence-corrected chi connectivity index (χ3v) is 4.22. The number of aryl methyl sites for hydroxylation is 2. The molecule has 2 heteroatoms. The van der Waals surface area contributed by atoms with Gasteiger partial charge in [-0.3, -0.25) is 0 Å². The fraction of sp³-hybridized carbons (Fsp3) is 0.333. The number of aliphatic hydroxyl groups is 1. The molecule has 1 aliphatic heterocycles. The van der Waals surface area contributed by atoms with Crippen LogP contribution in [0.5, 0.6) is 5.75 Å². The Morgan fingerprint density at radius 3 is 2.65 bits per heavy atom. The molecule has 0 spiro atoms. The van der Waals surface area contributed by atoms with Crippen LogP contribution in [0.3, 0.4) is 0 Å². The lowest BCUT2D eigenvalue weighted by molar-refractivity contribution is 0.0653. The molecule has 0 fully saturated rings. The minimum Gasteiger partial charge on any atom is -0.485 e. The second-order valence-corrected chi connectivity index (χ2v) is 5.69. The van der Waals surface area contributed by atoms with Crippen LogP contribution in [0.25, 0.3) is 0 Å². The maximum atomic E-state index is 10.4. The number of aliphatic hydroxyl groups excluding tert-OH is 1. The van der Waals surface area contributed by atoms with E-state index in [2.05, 4.69) is 32.0 Å². The van der Waals surface area contributed by atoms with Crippen LogP contribution < -0.4 is 4.74 Å². The van der Waals surface area contributed by atoms with Crippen molar-refractivity contribution in [1.29, 1.82) is 0 Å². The van der Waals surface area contributed by atoms with Crippen molar-refractivity contribution < 1.29 is 9.84 Å². The van der Waals surface area contributed by atoms with E-state index in [0.717, 1.165) is 16.9 Å². The van der Waals surface area contributed by atoms with Gasteiger partial charge in [-0.15, -0.1) is 0 Å². The van der Waals surface area contributed by atoms with Gasteiger partial charge in [0, 0.05) is 12.0 Å². The Bertz CT molecular complexity index is 646. The van der Waals surface area contributed by atoms with Crippen molar-refractivity contribution in [3.05, 3.63) is 64.2 Å². The molecule has 0 radical (unpaired) electrons. The van der Waals surface area contributed by atoms with Gasteiger partial charge in [-0.25, -0.2) is 0 Å². The predicted octanol–water partition coefficient (Wildman–Crippen LogP) is 4.17. The monoisotopic (exact) mass is 268 g/mol. The second kappa shape index (κ2) is 4.95.